The summed E-state index contributed by atoms with van der Waals surface area (Å²) in [6.45, 7) is 0. The zero-order valence-corrected chi connectivity index (χ0v) is 23.0. The second-order valence-electron chi connectivity index (χ2n) is 9.32. The number of guanidine groups is 3. The van der Waals surface area contributed by atoms with Crippen LogP contribution in [0.1, 0.15) is 14.6 Å². The third-order valence-electron chi connectivity index (χ3n) is 6.77. The SMILES string of the molecule is c1ccc2sc(C3=NC4=NC(c5cc6ccccc6s5)=NC5=NC(c6cc7ccccc7s6)=NC(=N3)N45)cc2c1. The van der Waals surface area contributed by atoms with Crippen LogP contribution in [0.3, 0.4) is 0 Å². The predicted octanol–water partition coefficient (Wildman–Crippen LogP) is 7.38. The van der Waals surface area contributed by atoms with E-state index in [0.717, 1.165) is 30.8 Å². The van der Waals surface area contributed by atoms with E-state index in [-0.39, 0.29) is 0 Å². The summed E-state index contributed by atoms with van der Waals surface area (Å²) in [6.07, 6.45) is 0. The molecule has 10 heteroatoms. The Labute approximate surface area is 239 Å². The molecule has 9 rings (SSSR count). The largest absolute Gasteiger partial charge is 0.243 e. The van der Waals surface area contributed by atoms with Crippen molar-refractivity contribution in [3.8, 4) is 0 Å². The van der Waals surface area contributed by atoms with Gasteiger partial charge in [0.1, 0.15) is 0 Å². The maximum absolute atomic E-state index is 4.91. The van der Waals surface area contributed by atoms with E-state index in [1.165, 1.54) is 14.1 Å². The first-order valence-corrected chi connectivity index (χ1v) is 15.0. The zero-order chi connectivity index (χ0) is 26.2. The van der Waals surface area contributed by atoms with Gasteiger partial charge in [-0.3, -0.25) is 0 Å². The van der Waals surface area contributed by atoms with Gasteiger partial charge in [-0.05, 0) is 52.6 Å². The minimum atomic E-state index is 0.470. The molecule has 3 aliphatic heterocycles. The number of aliphatic imine (C=N–C) groups is 6. The minimum Gasteiger partial charge on any atom is -0.213 e. The van der Waals surface area contributed by atoms with Crippen LogP contribution in [0.15, 0.2) is 121 Å². The summed E-state index contributed by atoms with van der Waals surface area (Å²) in [7, 11) is 0. The number of amidine groups is 3. The highest BCUT2D eigenvalue weighted by molar-refractivity contribution is 7.21. The Balaban J connectivity index is 1.24. The van der Waals surface area contributed by atoms with Crippen molar-refractivity contribution in [3.05, 3.63) is 106 Å². The van der Waals surface area contributed by atoms with Crippen LogP contribution in [0.25, 0.3) is 30.3 Å². The van der Waals surface area contributed by atoms with Crippen LogP contribution in [0, 0.1) is 0 Å². The first-order valence-electron chi connectivity index (χ1n) is 12.5. The van der Waals surface area contributed by atoms with Crippen molar-refractivity contribution in [2.24, 2.45) is 30.0 Å². The molecule has 3 aliphatic rings. The molecular formula is C30H15N7S3. The van der Waals surface area contributed by atoms with Gasteiger partial charge in [-0.2, -0.15) is 30.0 Å². The van der Waals surface area contributed by atoms with E-state index in [4.69, 9.17) is 30.0 Å². The molecule has 0 saturated carbocycles. The Hall–Kier alpha value is -4.64. The van der Waals surface area contributed by atoms with Gasteiger partial charge in [-0.15, -0.1) is 34.0 Å². The smallest absolute Gasteiger partial charge is 0.213 e. The van der Waals surface area contributed by atoms with Gasteiger partial charge in [-0.25, -0.2) is 4.90 Å². The van der Waals surface area contributed by atoms with Gasteiger partial charge in [0.25, 0.3) is 0 Å². The Morgan fingerprint density at radius 1 is 0.400 bits per heavy atom. The van der Waals surface area contributed by atoms with Crippen LogP contribution < -0.4 is 0 Å². The van der Waals surface area contributed by atoms with Crippen molar-refractivity contribution in [3.63, 3.8) is 0 Å². The van der Waals surface area contributed by atoms with E-state index >= 15 is 0 Å². The van der Waals surface area contributed by atoms with E-state index < -0.39 is 0 Å². The molecule has 0 N–H and O–H groups in total. The first kappa shape index (κ1) is 22.2. The predicted molar refractivity (Wildman–Crippen MR) is 169 cm³/mol. The third kappa shape index (κ3) is 3.47. The third-order valence-corrected chi connectivity index (χ3v) is 10.1. The van der Waals surface area contributed by atoms with Gasteiger partial charge in [0.2, 0.25) is 17.9 Å². The molecule has 0 atom stereocenters. The molecule has 0 unspecified atom stereocenters. The van der Waals surface area contributed by atoms with Crippen LogP contribution in [0.5, 0.6) is 0 Å². The van der Waals surface area contributed by atoms with Gasteiger partial charge >= 0.3 is 0 Å². The highest BCUT2D eigenvalue weighted by atomic mass is 32.1. The number of rotatable bonds is 3. The highest BCUT2D eigenvalue weighted by Gasteiger charge is 2.36. The molecule has 0 bridgehead atoms. The summed E-state index contributed by atoms with van der Waals surface area (Å²) >= 11 is 4.98. The first-order chi connectivity index (χ1) is 19.7. The van der Waals surface area contributed by atoms with Crippen molar-refractivity contribution in [1.29, 1.82) is 0 Å². The number of hydrogen-bond donors (Lipinski definition) is 0. The summed E-state index contributed by atoms with van der Waals surface area (Å²) in [6, 6.07) is 31.3. The molecule has 0 radical (unpaired) electrons. The molecule has 3 aromatic carbocycles. The highest BCUT2D eigenvalue weighted by Crippen LogP contribution is 2.32. The Bertz CT molecular complexity index is 1890. The minimum absolute atomic E-state index is 0.470. The fourth-order valence-corrected chi connectivity index (χ4v) is 7.88. The summed E-state index contributed by atoms with van der Waals surface area (Å²) in [5, 5.41) is 3.48. The van der Waals surface area contributed by atoms with Crippen LogP contribution in [0.4, 0.5) is 0 Å². The topological polar surface area (TPSA) is 77.4 Å². The van der Waals surface area contributed by atoms with Crippen molar-refractivity contribution in [1.82, 2.24) is 4.90 Å². The number of hydrogen-bond acceptors (Lipinski definition) is 10. The van der Waals surface area contributed by atoms with E-state index in [2.05, 4.69) is 54.6 Å². The van der Waals surface area contributed by atoms with Crippen LogP contribution in [-0.2, 0) is 0 Å². The number of thiophene rings is 3. The molecule has 3 aromatic heterocycles. The second-order valence-corrected chi connectivity index (χ2v) is 12.6. The molecule has 0 aliphatic carbocycles. The molecule has 0 fully saturated rings. The average Bonchev–Trinajstić information content (AvgIpc) is 3.73. The quantitative estimate of drug-likeness (QED) is 0.219. The van der Waals surface area contributed by atoms with Gasteiger partial charge < -0.3 is 0 Å². The van der Waals surface area contributed by atoms with E-state index in [9.17, 15) is 0 Å². The van der Waals surface area contributed by atoms with Crippen molar-refractivity contribution < 1.29 is 0 Å². The molecule has 188 valence electrons. The zero-order valence-electron chi connectivity index (χ0n) is 20.5. The molecule has 6 heterocycles. The Kier molecular flexibility index (Phi) is 4.68. The fraction of sp³-hybridized carbons (Fsp3) is 0. The van der Waals surface area contributed by atoms with Gasteiger partial charge in [-0.1, -0.05) is 54.6 Å². The molecule has 0 saturated heterocycles. The molecule has 7 nitrogen and oxygen atoms in total. The molecule has 0 amide bonds. The van der Waals surface area contributed by atoms with E-state index in [0.29, 0.717) is 35.4 Å². The maximum atomic E-state index is 4.91. The number of nitrogens with zero attached hydrogens (tertiary/aromatic N) is 7. The monoisotopic (exact) mass is 569 g/mol. The Morgan fingerprint density at radius 2 is 0.725 bits per heavy atom. The lowest BCUT2D eigenvalue weighted by atomic mass is 10.2. The lowest BCUT2D eigenvalue weighted by Crippen LogP contribution is -2.47. The van der Waals surface area contributed by atoms with Crippen molar-refractivity contribution >= 4 is 99.7 Å². The average molecular weight is 570 g/mol. The standard InChI is InChI=1S/C30H15N7S3/c1-4-10-19-16(7-1)13-22(38-19)25-31-28-33-26(23-14-17-8-2-5-11-20(17)39-23)35-30-36-27(34-29(32-25)37(28)30)24-15-18-9-3-6-12-21(18)40-24/h1-15H. The van der Waals surface area contributed by atoms with Gasteiger partial charge in [0.15, 0.2) is 17.5 Å². The number of fused-ring (bicyclic) bond motifs is 3. The second kappa shape index (κ2) is 8.43. The maximum Gasteiger partial charge on any atom is 0.243 e. The van der Waals surface area contributed by atoms with Gasteiger partial charge in [0, 0.05) is 14.1 Å². The lowest BCUT2D eigenvalue weighted by molar-refractivity contribution is 0.829. The van der Waals surface area contributed by atoms with Gasteiger partial charge in [0.05, 0.1) is 14.6 Å². The van der Waals surface area contributed by atoms with E-state index in [1.807, 2.05) is 36.4 Å². The summed E-state index contributed by atoms with van der Waals surface area (Å²) < 4.78 is 3.55. The summed E-state index contributed by atoms with van der Waals surface area (Å²) in [5.74, 6) is 3.17. The normalized spacial score (nSPS) is 16.4. The van der Waals surface area contributed by atoms with Crippen LogP contribution in [0.2, 0.25) is 0 Å². The molecule has 40 heavy (non-hydrogen) atoms. The molecule has 6 aromatic rings. The van der Waals surface area contributed by atoms with E-state index in [1.54, 1.807) is 38.9 Å². The molecular weight excluding hydrogens is 555 g/mol. The van der Waals surface area contributed by atoms with Crippen LogP contribution >= 0.6 is 34.0 Å². The molecule has 0 spiro atoms. The lowest BCUT2D eigenvalue weighted by Gasteiger charge is -2.29. The fourth-order valence-electron chi connectivity index (χ4n) is 4.89. The number of benzene rings is 3. The Morgan fingerprint density at radius 3 is 1.05 bits per heavy atom. The summed E-state index contributed by atoms with van der Waals surface area (Å²) in [4.78, 5) is 34.1. The van der Waals surface area contributed by atoms with Crippen molar-refractivity contribution in [2.45, 2.75) is 0 Å². The van der Waals surface area contributed by atoms with Crippen LogP contribution in [-0.4, -0.2) is 40.3 Å². The van der Waals surface area contributed by atoms with Crippen molar-refractivity contribution in [2.75, 3.05) is 0 Å². The summed E-state index contributed by atoms with van der Waals surface area (Å²) in [5.41, 5.74) is 0.